The van der Waals surface area contributed by atoms with Crippen molar-refractivity contribution in [2.75, 3.05) is 7.11 Å². The minimum absolute atomic E-state index is 0.107. The highest BCUT2D eigenvalue weighted by Crippen LogP contribution is 2.17. The zero-order valence-electron chi connectivity index (χ0n) is 13.4. The summed E-state index contributed by atoms with van der Waals surface area (Å²) >= 11 is 0. The van der Waals surface area contributed by atoms with E-state index < -0.39 is 0 Å². The van der Waals surface area contributed by atoms with Gasteiger partial charge in [-0.2, -0.15) is 0 Å². The van der Waals surface area contributed by atoms with Gasteiger partial charge in [0.15, 0.2) is 5.43 Å². The quantitative estimate of drug-likeness (QED) is 0.605. The fourth-order valence-electron chi connectivity index (χ4n) is 2.82. The number of H-pyrrole nitrogens is 2. The standard InChI is InChI=1S/C19H15N3O3/c1-25-14-9-7-13(8-10-14)22-19(24)17-16(23)11-15(20-18(17)21-22)12-5-3-2-4-6-12/h2-11H,1H3,(H2,20,21,23). The summed E-state index contributed by atoms with van der Waals surface area (Å²) in [5, 5.41) is 3.08. The van der Waals surface area contributed by atoms with Gasteiger partial charge in [0, 0.05) is 6.07 Å². The van der Waals surface area contributed by atoms with Crippen LogP contribution in [0.5, 0.6) is 5.75 Å². The zero-order valence-corrected chi connectivity index (χ0v) is 13.4. The summed E-state index contributed by atoms with van der Waals surface area (Å²) in [4.78, 5) is 28.2. The van der Waals surface area contributed by atoms with E-state index in [1.165, 1.54) is 10.7 Å². The molecule has 0 saturated heterocycles. The molecule has 0 spiro atoms. The predicted octanol–water partition coefficient (Wildman–Crippen LogP) is 2.68. The van der Waals surface area contributed by atoms with E-state index in [2.05, 4.69) is 10.1 Å². The Morgan fingerprint density at radius 2 is 1.68 bits per heavy atom. The summed E-state index contributed by atoms with van der Waals surface area (Å²) in [6, 6.07) is 17.9. The molecule has 0 fully saturated rings. The first kappa shape index (κ1) is 15.0. The molecule has 0 bridgehead atoms. The van der Waals surface area contributed by atoms with Gasteiger partial charge in [0.25, 0.3) is 5.56 Å². The maximum Gasteiger partial charge on any atom is 0.284 e. The summed E-state index contributed by atoms with van der Waals surface area (Å²) in [5.74, 6) is 0.690. The lowest BCUT2D eigenvalue weighted by atomic mass is 10.1. The van der Waals surface area contributed by atoms with Crippen LogP contribution in [0.4, 0.5) is 0 Å². The van der Waals surface area contributed by atoms with Crippen molar-refractivity contribution in [3.63, 3.8) is 0 Å². The molecule has 0 radical (unpaired) electrons. The number of benzene rings is 2. The van der Waals surface area contributed by atoms with Crippen molar-refractivity contribution in [1.82, 2.24) is 14.8 Å². The van der Waals surface area contributed by atoms with Crippen molar-refractivity contribution >= 4 is 11.0 Å². The first-order valence-corrected chi connectivity index (χ1v) is 7.75. The molecule has 2 N–H and O–H groups in total. The van der Waals surface area contributed by atoms with Crippen LogP contribution in [-0.2, 0) is 0 Å². The Morgan fingerprint density at radius 3 is 2.36 bits per heavy atom. The number of fused-ring (bicyclic) bond motifs is 1. The molecule has 6 nitrogen and oxygen atoms in total. The molecule has 0 unspecified atom stereocenters. The summed E-state index contributed by atoms with van der Waals surface area (Å²) in [6.45, 7) is 0. The number of aromatic nitrogens is 3. The lowest BCUT2D eigenvalue weighted by Crippen LogP contribution is -2.18. The molecule has 6 heteroatoms. The minimum atomic E-state index is -0.388. The summed E-state index contributed by atoms with van der Waals surface area (Å²) in [7, 11) is 1.58. The molecule has 2 aromatic carbocycles. The van der Waals surface area contributed by atoms with Gasteiger partial charge in [-0.1, -0.05) is 30.3 Å². The van der Waals surface area contributed by atoms with Crippen molar-refractivity contribution in [2.45, 2.75) is 0 Å². The second kappa shape index (κ2) is 5.83. The highest BCUT2D eigenvalue weighted by molar-refractivity contribution is 5.78. The fourth-order valence-corrected chi connectivity index (χ4v) is 2.82. The molecular weight excluding hydrogens is 318 g/mol. The van der Waals surface area contributed by atoms with Gasteiger partial charge >= 0.3 is 0 Å². The topological polar surface area (TPSA) is 79.9 Å². The smallest absolute Gasteiger partial charge is 0.284 e. The average molecular weight is 333 g/mol. The van der Waals surface area contributed by atoms with Crippen molar-refractivity contribution in [1.29, 1.82) is 0 Å². The van der Waals surface area contributed by atoms with E-state index in [0.29, 0.717) is 22.8 Å². The SMILES string of the molecule is COc1ccc(-n2[nH]c3[nH]c(-c4ccccc4)cc(=O)c3c2=O)cc1. The molecular formula is C19H15N3O3. The van der Waals surface area contributed by atoms with Crippen LogP contribution in [0.1, 0.15) is 0 Å². The molecule has 0 aliphatic carbocycles. The second-order valence-corrected chi connectivity index (χ2v) is 5.61. The third-order valence-electron chi connectivity index (χ3n) is 4.09. The number of methoxy groups -OCH3 is 1. The Balaban J connectivity index is 1.91. The highest BCUT2D eigenvalue weighted by atomic mass is 16.5. The predicted molar refractivity (Wildman–Crippen MR) is 96.5 cm³/mol. The lowest BCUT2D eigenvalue weighted by molar-refractivity contribution is 0.414. The van der Waals surface area contributed by atoms with Crippen LogP contribution in [0.3, 0.4) is 0 Å². The third-order valence-corrected chi connectivity index (χ3v) is 4.09. The maximum absolute atomic E-state index is 12.6. The van der Waals surface area contributed by atoms with Gasteiger partial charge in [0.2, 0.25) is 0 Å². The van der Waals surface area contributed by atoms with E-state index in [1.54, 1.807) is 31.4 Å². The van der Waals surface area contributed by atoms with Gasteiger partial charge in [0.05, 0.1) is 18.5 Å². The lowest BCUT2D eigenvalue weighted by Gasteiger charge is -2.03. The molecule has 2 heterocycles. The Hall–Kier alpha value is -3.54. The molecule has 0 aliphatic rings. The van der Waals surface area contributed by atoms with Crippen LogP contribution in [-0.4, -0.2) is 21.9 Å². The number of ether oxygens (including phenoxy) is 1. The van der Waals surface area contributed by atoms with Crippen molar-refractivity contribution in [3.8, 4) is 22.7 Å². The fraction of sp³-hybridized carbons (Fsp3) is 0.0526. The first-order valence-electron chi connectivity index (χ1n) is 7.75. The summed E-state index contributed by atoms with van der Waals surface area (Å²) in [6.07, 6.45) is 0. The molecule has 25 heavy (non-hydrogen) atoms. The molecule has 4 rings (SSSR count). The molecule has 2 aromatic heterocycles. The van der Waals surface area contributed by atoms with Crippen molar-refractivity contribution < 1.29 is 4.74 Å². The van der Waals surface area contributed by atoms with Gasteiger partial charge < -0.3 is 9.72 Å². The molecule has 0 amide bonds. The minimum Gasteiger partial charge on any atom is -0.497 e. The highest BCUT2D eigenvalue weighted by Gasteiger charge is 2.13. The largest absolute Gasteiger partial charge is 0.497 e. The number of aromatic amines is 2. The van der Waals surface area contributed by atoms with Crippen LogP contribution in [0, 0.1) is 0 Å². The number of pyridine rings is 1. The normalized spacial score (nSPS) is 10.9. The Kier molecular flexibility index (Phi) is 3.50. The van der Waals surface area contributed by atoms with Crippen LogP contribution >= 0.6 is 0 Å². The number of rotatable bonds is 3. The summed E-state index contributed by atoms with van der Waals surface area (Å²) < 4.78 is 6.47. The number of hydrogen-bond acceptors (Lipinski definition) is 3. The van der Waals surface area contributed by atoms with Gasteiger partial charge in [-0.05, 0) is 29.8 Å². The third kappa shape index (κ3) is 2.53. The number of hydrogen-bond donors (Lipinski definition) is 2. The monoisotopic (exact) mass is 333 g/mol. The Bertz CT molecular complexity index is 1150. The van der Waals surface area contributed by atoms with Crippen LogP contribution < -0.4 is 15.7 Å². The molecule has 0 aliphatic heterocycles. The average Bonchev–Trinajstić information content (AvgIpc) is 2.99. The van der Waals surface area contributed by atoms with Gasteiger partial charge in [-0.15, -0.1) is 0 Å². The van der Waals surface area contributed by atoms with Crippen LogP contribution in [0.2, 0.25) is 0 Å². The summed E-state index contributed by atoms with van der Waals surface area (Å²) in [5.41, 5.74) is 1.84. The van der Waals surface area contributed by atoms with Gasteiger partial charge in [0.1, 0.15) is 16.8 Å². The first-order chi connectivity index (χ1) is 12.2. The Morgan fingerprint density at radius 1 is 0.960 bits per heavy atom. The van der Waals surface area contributed by atoms with Gasteiger partial charge in [-0.3, -0.25) is 14.7 Å². The van der Waals surface area contributed by atoms with Crippen LogP contribution in [0.15, 0.2) is 70.3 Å². The molecule has 0 atom stereocenters. The Labute approximate surface area is 142 Å². The van der Waals surface area contributed by atoms with E-state index in [-0.39, 0.29) is 16.4 Å². The van der Waals surface area contributed by atoms with Crippen LogP contribution in [0.25, 0.3) is 28.0 Å². The van der Waals surface area contributed by atoms with E-state index in [1.807, 2.05) is 30.3 Å². The van der Waals surface area contributed by atoms with Crippen molar-refractivity contribution in [2.24, 2.45) is 0 Å². The van der Waals surface area contributed by atoms with E-state index >= 15 is 0 Å². The number of nitrogens with zero attached hydrogens (tertiary/aromatic N) is 1. The number of nitrogens with one attached hydrogen (secondary N) is 2. The van der Waals surface area contributed by atoms with E-state index in [0.717, 1.165) is 5.56 Å². The maximum atomic E-state index is 12.6. The zero-order chi connectivity index (χ0) is 17.4. The second-order valence-electron chi connectivity index (χ2n) is 5.61. The molecule has 4 aromatic rings. The molecule has 0 saturated carbocycles. The van der Waals surface area contributed by atoms with E-state index in [4.69, 9.17) is 4.74 Å². The van der Waals surface area contributed by atoms with Crippen molar-refractivity contribution in [3.05, 3.63) is 81.2 Å². The van der Waals surface area contributed by atoms with Gasteiger partial charge in [-0.25, -0.2) is 4.68 Å². The van der Waals surface area contributed by atoms with E-state index in [9.17, 15) is 9.59 Å². The molecule has 124 valence electrons.